The van der Waals surface area contributed by atoms with Crippen molar-refractivity contribution in [2.45, 2.75) is 18.9 Å². The van der Waals surface area contributed by atoms with Gasteiger partial charge in [0.2, 0.25) is 5.91 Å². The van der Waals surface area contributed by atoms with E-state index in [2.05, 4.69) is 21.2 Å². The normalized spacial score (nSPS) is 17.9. The molecular formula is C18H17BrN2O2. The summed E-state index contributed by atoms with van der Waals surface area (Å²) in [6, 6.07) is 16.2. The van der Waals surface area contributed by atoms with E-state index in [1.54, 1.807) is 23.1 Å². The highest BCUT2D eigenvalue weighted by Gasteiger charge is 2.30. The number of piperidine rings is 1. The first-order valence-corrected chi connectivity index (χ1v) is 8.37. The van der Waals surface area contributed by atoms with Crippen LogP contribution in [-0.2, 0) is 4.79 Å². The molecule has 0 radical (unpaired) electrons. The average molecular weight is 373 g/mol. The number of hydrogen-bond donors (Lipinski definition) is 1. The van der Waals surface area contributed by atoms with Gasteiger partial charge < -0.3 is 10.2 Å². The zero-order valence-electron chi connectivity index (χ0n) is 12.5. The molecular weight excluding hydrogens is 356 g/mol. The number of para-hydroxylation sites is 1. The first kappa shape index (κ1) is 15.7. The lowest BCUT2D eigenvalue weighted by Crippen LogP contribution is -2.52. The molecule has 2 aromatic rings. The maximum absolute atomic E-state index is 12.7. The Kier molecular flexibility index (Phi) is 4.76. The molecule has 1 saturated heterocycles. The summed E-state index contributed by atoms with van der Waals surface area (Å²) < 4.78 is 0.839. The van der Waals surface area contributed by atoms with Crippen molar-refractivity contribution in [2.75, 3.05) is 11.4 Å². The fourth-order valence-corrected chi connectivity index (χ4v) is 3.14. The van der Waals surface area contributed by atoms with Gasteiger partial charge in [0.05, 0.1) is 0 Å². The van der Waals surface area contributed by atoms with Gasteiger partial charge in [0, 0.05) is 22.3 Å². The van der Waals surface area contributed by atoms with Crippen LogP contribution in [0.2, 0.25) is 0 Å². The van der Waals surface area contributed by atoms with Gasteiger partial charge in [-0.2, -0.15) is 0 Å². The summed E-state index contributed by atoms with van der Waals surface area (Å²) in [5.74, 6) is -0.273. The molecule has 0 aromatic heterocycles. The zero-order valence-corrected chi connectivity index (χ0v) is 14.1. The monoisotopic (exact) mass is 372 g/mol. The molecule has 0 aliphatic carbocycles. The number of carbonyl (C=O) groups excluding carboxylic acids is 2. The van der Waals surface area contributed by atoms with Crippen LogP contribution in [0.3, 0.4) is 0 Å². The molecule has 2 amide bonds. The van der Waals surface area contributed by atoms with Gasteiger partial charge in [-0.3, -0.25) is 9.59 Å². The fourth-order valence-electron chi connectivity index (χ4n) is 2.74. The second-order valence-corrected chi connectivity index (χ2v) is 6.42. The van der Waals surface area contributed by atoms with Crippen LogP contribution in [0, 0.1) is 0 Å². The number of hydrogen-bond acceptors (Lipinski definition) is 2. The van der Waals surface area contributed by atoms with Crippen molar-refractivity contribution in [2.24, 2.45) is 0 Å². The Morgan fingerprint density at radius 2 is 1.91 bits per heavy atom. The summed E-state index contributed by atoms with van der Waals surface area (Å²) >= 11 is 3.35. The third-order valence-electron chi connectivity index (χ3n) is 3.90. The third kappa shape index (κ3) is 3.62. The van der Waals surface area contributed by atoms with Gasteiger partial charge in [-0.1, -0.05) is 40.2 Å². The quantitative estimate of drug-likeness (QED) is 0.897. The van der Waals surface area contributed by atoms with Crippen LogP contribution in [0.25, 0.3) is 0 Å². The molecule has 1 atom stereocenters. The topological polar surface area (TPSA) is 49.4 Å². The molecule has 23 heavy (non-hydrogen) atoms. The van der Waals surface area contributed by atoms with Crippen molar-refractivity contribution in [3.63, 3.8) is 0 Å². The molecule has 1 unspecified atom stereocenters. The van der Waals surface area contributed by atoms with Crippen LogP contribution < -0.4 is 10.2 Å². The molecule has 1 fully saturated rings. The SMILES string of the molecule is O=C(NC1CCCN(c2ccccc2)C1=O)c1cccc(Br)c1. The molecule has 0 bridgehead atoms. The van der Waals surface area contributed by atoms with Gasteiger partial charge in [0.1, 0.15) is 6.04 Å². The first-order chi connectivity index (χ1) is 11.1. The number of halogens is 1. The number of benzene rings is 2. The van der Waals surface area contributed by atoms with Gasteiger partial charge in [-0.25, -0.2) is 0 Å². The van der Waals surface area contributed by atoms with Crippen molar-refractivity contribution in [1.82, 2.24) is 5.32 Å². The molecule has 3 rings (SSSR count). The highest BCUT2D eigenvalue weighted by molar-refractivity contribution is 9.10. The standard InChI is InChI=1S/C18H17BrN2O2/c19-14-7-4-6-13(12-14)17(22)20-16-10-5-11-21(18(16)23)15-8-2-1-3-9-15/h1-4,6-9,12,16H,5,10-11H2,(H,20,22). The smallest absolute Gasteiger partial charge is 0.251 e. The van der Waals surface area contributed by atoms with E-state index in [4.69, 9.17) is 0 Å². The third-order valence-corrected chi connectivity index (χ3v) is 4.39. The summed E-state index contributed by atoms with van der Waals surface area (Å²) in [6.45, 7) is 0.687. The number of amides is 2. The Bertz CT molecular complexity index is 718. The Morgan fingerprint density at radius 1 is 1.13 bits per heavy atom. The number of nitrogens with zero attached hydrogens (tertiary/aromatic N) is 1. The van der Waals surface area contributed by atoms with Gasteiger partial charge in [0.25, 0.3) is 5.91 Å². The van der Waals surface area contributed by atoms with Crippen LogP contribution >= 0.6 is 15.9 Å². The second-order valence-electron chi connectivity index (χ2n) is 5.50. The number of anilines is 1. The highest BCUT2D eigenvalue weighted by Crippen LogP contribution is 2.21. The maximum Gasteiger partial charge on any atom is 0.251 e. The molecule has 1 heterocycles. The van der Waals surface area contributed by atoms with E-state index in [0.29, 0.717) is 18.5 Å². The van der Waals surface area contributed by atoms with Gasteiger partial charge in [-0.05, 0) is 43.2 Å². The van der Waals surface area contributed by atoms with E-state index in [-0.39, 0.29) is 11.8 Å². The lowest BCUT2D eigenvalue weighted by atomic mass is 10.0. The van der Waals surface area contributed by atoms with Crippen molar-refractivity contribution in [3.05, 3.63) is 64.6 Å². The van der Waals surface area contributed by atoms with Crippen molar-refractivity contribution >= 4 is 33.4 Å². The van der Waals surface area contributed by atoms with Crippen LogP contribution in [0.5, 0.6) is 0 Å². The molecule has 2 aromatic carbocycles. The molecule has 5 heteroatoms. The van der Waals surface area contributed by atoms with Gasteiger partial charge in [-0.15, -0.1) is 0 Å². The maximum atomic E-state index is 12.7. The molecule has 4 nitrogen and oxygen atoms in total. The molecule has 1 N–H and O–H groups in total. The Labute approximate surface area is 143 Å². The number of rotatable bonds is 3. The molecule has 1 aliphatic heterocycles. The average Bonchev–Trinajstić information content (AvgIpc) is 2.57. The van der Waals surface area contributed by atoms with E-state index in [9.17, 15) is 9.59 Å². The molecule has 0 saturated carbocycles. The summed E-state index contributed by atoms with van der Waals surface area (Å²) in [5, 5.41) is 2.86. The molecule has 1 aliphatic rings. The number of nitrogens with one attached hydrogen (secondary N) is 1. The molecule has 118 valence electrons. The van der Waals surface area contributed by atoms with E-state index in [1.807, 2.05) is 36.4 Å². The van der Waals surface area contributed by atoms with E-state index < -0.39 is 6.04 Å². The van der Waals surface area contributed by atoms with Crippen LogP contribution in [-0.4, -0.2) is 24.4 Å². The Hall–Kier alpha value is -2.14. The van der Waals surface area contributed by atoms with Gasteiger partial charge in [0.15, 0.2) is 0 Å². The summed E-state index contributed by atoms with van der Waals surface area (Å²) in [7, 11) is 0. The Morgan fingerprint density at radius 3 is 2.65 bits per heavy atom. The van der Waals surface area contributed by atoms with Gasteiger partial charge >= 0.3 is 0 Å². The Balaban J connectivity index is 1.73. The van der Waals surface area contributed by atoms with Crippen molar-refractivity contribution < 1.29 is 9.59 Å². The highest BCUT2D eigenvalue weighted by atomic mass is 79.9. The lowest BCUT2D eigenvalue weighted by Gasteiger charge is -2.32. The van der Waals surface area contributed by atoms with Crippen LogP contribution in [0.1, 0.15) is 23.2 Å². The number of carbonyl (C=O) groups is 2. The lowest BCUT2D eigenvalue weighted by molar-refractivity contribution is -0.121. The van der Waals surface area contributed by atoms with Crippen LogP contribution in [0.4, 0.5) is 5.69 Å². The zero-order chi connectivity index (χ0) is 16.2. The van der Waals surface area contributed by atoms with Crippen LogP contribution in [0.15, 0.2) is 59.1 Å². The van der Waals surface area contributed by atoms with E-state index in [1.165, 1.54) is 0 Å². The minimum atomic E-state index is -0.476. The summed E-state index contributed by atoms with van der Waals surface area (Å²) in [6.07, 6.45) is 1.53. The molecule has 0 spiro atoms. The minimum absolute atomic E-state index is 0.0502. The van der Waals surface area contributed by atoms with Crippen molar-refractivity contribution in [3.8, 4) is 0 Å². The second kappa shape index (κ2) is 6.96. The van der Waals surface area contributed by atoms with E-state index >= 15 is 0 Å². The minimum Gasteiger partial charge on any atom is -0.340 e. The van der Waals surface area contributed by atoms with Crippen molar-refractivity contribution in [1.29, 1.82) is 0 Å². The summed E-state index contributed by atoms with van der Waals surface area (Å²) in [4.78, 5) is 26.8. The fraction of sp³-hybridized carbons (Fsp3) is 0.222. The summed E-state index contributed by atoms with van der Waals surface area (Å²) in [5.41, 5.74) is 1.42. The first-order valence-electron chi connectivity index (χ1n) is 7.58. The van der Waals surface area contributed by atoms with E-state index in [0.717, 1.165) is 16.6 Å². The largest absolute Gasteiger partial charge is 0.340 e. The predicted octanol–water partition coefficient (Wildman–Crippen LogP) is 3.37. The predicted molar refractivity (Wildman–Crippen MR) is 93.4 cm³/mol.